The SMILES string of the molecule is COc1cc(Br)ccc1-c1cnc(CCCCl)o1. The molecule has 0 atom stereocenters. The fourth-order valence-electron chi connectivity index (χ4n) is 1.64. The van der Waals surface area contributed by atoms with Crippen molar-refractivity contribution in [3.63, 3.8) is 0 Å². The molecule has 0 unspecified atom stereocenters. The number of hydrogen-bond donors (Lipinski definition) is 0. The maximum atomic E-state index is 5.69. The van der Waals surface area contributed by atoms with E-state index >= 15 is 0 Å². The van der Waals surface area contributed by atoms with Crippen LogP contribution in [-0.2, 0) is 6.42 Å². The Morgan fingerprint density at radius 1 is 1.44 bits per heavy atom. The number of oxazole rings is 1. The largest absolute Gasteiger partial charge is 0.496 e. The lowest BCUT2D eigenvalue weighted by molar-refractivity contribution is 0.413. The lowest BCUT2D eigenvalue weighted by Gasteiger charge is -2.05. The molecule has 3 nitrogen and oxygen atoms in total. The van der Waals surface area contributed by atoms with E-state index in [0.717, 1.165) is 28.6 Å². The standard InChI is InChI=1S/C13H13BrClNO2/c1-17-11-7-9(14)4-5-10(11)12-8-16-13(18-12)3-2-6-15/h4-5,7-8H,2-3,6H2,1H3. The molecule has 1 heterocycles. The summed E-state index contributed by atoms with van der Waals surface area (Å²) in [5.74, 6) is 2.78. The maximum Gasteiger partial charge on any atom is 0.194 e. The predicted molar refractivity (Wildman–Crippen MR) is 75.2 cm³/mol. The van der Waals surface area contributed by atoms with Gasteiger partial charge in [0.25, 0.3) is 0 Å². The van der Waals surface area contributed by atoms with Gasteiger partial charge in [-0.25, -0.2) is 4.98 Å². The van der Waals surface area contributed by atoms with Gasteiger partial charge >= 0.3 is 0 Å². The first kappa shape index (κ1) is 13.4. The molecule has 0 radical (unpaired) electrons. The number of ether oxygens (including phenoxy) is 1. The van der Waals surface area contributed by atoms with Gasteiger partial charge in [0, 0.05) is 16.8 Å². The summed E-state index contributed by atoms with van der Waals surface area (Å²) in [5, 5.41) is 0. The number of alkyl halides is 1. The van der Waals surface area contributed by atoms with Crippen molar-refractivity contribution in [1.82, 2.24) is 4.98 Å². The van der Waals surface area contributed by atoms with Crippen molar-refractivity contribution >= 4 is 27.5 Å². The summed E-state index contributed by atoms with van der Waals surface area (Å²) in [5.41, 5.74) is 0.894. The molecule has 0 saturated heterocycles. The molecule has 0 aliphatic rings. The van der Waals surface area contributed by atoms with Crippen LogP contribution >= 0.6 is 27.5 Å². The summed E-state index contributed by atoms with van der Waals surface area (Å²) in [7, 11) is 1.63. The molecule has 0 N–H and O–H groups in total. The smallest absolute Gasteiger partial charge is 0.194 e. The van der Waals surface area contributed by atoms with Crippen molar-refractivity contribution in [2.45, 2.75) is 12.8 Å². The van der Waals surface area contributed by atoms with E-state index in [1.165, 1.54) is 0 Å². The molecular formula is C13H13BrClNO2. The van der Waals surface area contributed by atoms with E-state index in [1.54, 1.807) is 13.3 Å². The van der Waals surface area contributed by atoms with Crippen molar-refractivity contribution in [2.75, 3.05) is 13.0 Å². The molecule has 0 fully saturated rings. The average Bonchev–Trinajstić information content (AvgIpc) is 2.84. The molecule has 5 heteroatoms. The third-order valence-electron chi connectivity index (χ3n) is 2.51. The first-order valence-corrected chi connectivity index (χ1v) is 6.92. The highest BCUT2D eigenvalue weighted by Gasteiger charge is 2.11. The van der Waals surface area contributed by atoms with E-state index in [-0.39, 0.29) is 0 Å². The summed E-state index contributed by atoms with van der Waals surface area (Å²) in [6, 6.07) is 5.78. The molecule has 0 aliphatic heterocycles. The lowest BCUT2D eigenvalue weighted by atomic mass is 10.1. The van der Waals surface area contributed by atoms with Crippen LogP contribution < -0.4 is 4.74 Å². The number of aryl methyl sites for hydroxylation is 1. The summed E-state index contributed by atoms with van der Waals surface area (Å²) in [4.78, 5) is 4.24. The minimum absolute atomic E-state index is 0.610. The molecular weight excluding hydrogens is 318 g/mol. The number of rotatable bonds is 5. The highest BCUT2D eigenvalue weighted by atomic mass is 79.9. The van der Waals surface area contributed by atoms with Crippen LogP contribution in [0.3, 0.4) is 0 Å². The van der Waals surface area contributed by atoms with Crippen LogP contribution in [0.15, 0.2) is 33.3 Å². The van der Waals surface area contributed by atoms with Gasteiger partial charge < -0.3 is 9.15 Å². The second kappa shape index (κ2) is 6.25. The van der Waals surface area contributed by atoms with Crippen LogP contribution in [0, 0.1) is 0 Å². The molecule has 1 aromatic carbocycles. The fraction of sp³-hybridized carbons (Fsp3) is 0.308. The second-order valence-corrected chi connectivity index (χ2v) is 5.05. The van der Waals surface area contributed by atoms with Crippen LogP contribution in [0.4, 0.5) is 0 Å². The number of halogens is 2. The highest BCUT2D eigenvalue weighted by Crippen LogP contribution is 2.32. The van der Waals surface area contributed by atoms with Crippen LogP contribution in [0.1, 0.15) is 12.3 Å². The van der Waals surface area contributed by atoms with Crippen molar-refractivity contribution in [3.05, 3.63) is 34.8 Å². The van der Waals surface area contributed by atoms with E-state index in [2.05, 4.69) is 20.9 Å². The minimum Gasteiger partial charge on any atom is -0.496 e. The van der Waals surface area contributed by atoms with E-state index in [0.29, 0.717) is 17.5 Å². The van der Waals surface area contributed by atoms with E-state index in [4.69, 9.17) is 20.8 Å². The zero-order valence-electron chi connectivity index (χ0n) is 9.95. The minimum atomic E-state index is 0.610. The fourth-order valence-corrected chi connectivity index (χ4v) is 2.11. The normalized spacial score (nSPS) is 10.6. The van der Waals surface area contributed by atoms with Gasteiger partial charge in [-0.2, -0.15) is 0 Å². The van der Waals surface area contributed by atoms with E-state index in [9.17, 15) is 0 Å². The third kappa shape index (κ3) is 3.06. The molecule has 0 spiro atoms. The Bertz CT molecular complexity index is 527. The monoisotopic (exact) mass is 329 g/mol. The van der Waals surface area contributed by atoms with Gasteiger partial charge in [-0.15, -0.1) is 11.6 Å². The summed E-state index contributed by atoms with van der Waals surface area (Å²) >= 11 is 9.05. The molecule has 0 bridgehead atoms. The number of nitrogens with zero attached hydrogens (tertiary/aromatic N) is 1. The van der Waals surface area contributed by atoms with Gasteiger partial charge in [0.05, 0.1) is 18.9 Å². The van der Waals surface area contributed by atoms with E-state index in [1.807, 2.05) is 18.2 Å². The lowest BCUT2D eigenvalue weighted by Crippen LogP contribution is -1.87. The second-order valence-electron chi connectivity index (χ2n) is 3.76. The van der Waals surface area contributed by atoms with Gasteiger partial charge in [0.15, 0.2) is 11.7 Å². The Labute approximate surface area is 119 Å². The highest BCUT2D eigenvalue weighted by molar-refractivity contribution is 9.10. The van der Waals surface area contributed by atoms with Crippen molar-refractivity contribution in [3.8, 4) is 17.1 Å². The Morgan fingerprint density at radius 3 is 3.00 bits per heavy atom. The molecule has 2 aromatic rings. The third-order valence-corrected chi connectivity index (χ3v) is 3.27. The zero-order chi connectivity index (χ0) is 13.0. The Morgan fingerprint density at radius 2 is 2.28 bits per heavy atom. The van der Waals surface area contributed by atoms with Gasteiger partial charge in [-0.05, 0) is 24.6 Å². The van der Waals surface area contributed by atoms with Crippen LogP contribution in [-0.4, -0.2) is 18.0 Å². The zero-order valence-corrected chi connectivity index (χ0v) is 12.3. The molecule has 0 aliphatic carbocycles. The van der Waals surface area contributed by atoms with Gasteiger partial charge in [-0.3, -0.25) is 0 Å². The van der Waals surface area contributed by atoms with Crippen LogP contribution in [0.5, 0.6) is 5.75 Å². The van der Waals surface area contributed by atoms with Gasteiger partial charge in [0.1, 0.15) is 5.75 Å². The topological polar surface area (TPSA) is 35.3 Å². The van der Waals surface area contributed by atoms with Crippen LogP contribution in [0.25, 0.3) is 11.3 Å². The Hall–Kier alpha value is -1.00. The van der Waals surface area contributed by atoms with Crippen molar-refractivity contribution in [1.29, 1.82) is 0 Å². The maximum absolute atomic E-state index is 5.69. The number of methoxy groups -OCH3 is 1. The first-order chi connectivity index (χ1) is 8.74. The number of benzene rings is 1. The summed E-state index contributed by atoms with van der Waals surface area (Å²) in [6.07, 6.45) is 3.33. The summed E-state index contributed by atoms with van der Waals surface area (Å²) < 4.78 is 12.0. The molecule has 1 aromatic heterocycles. The quantitative estimate of drug-likeness (QED) is 0.767. The molecule has 0 saturated carbocycles. The predicted octanol–water partition coefficient (Wildman–Crippen LogP) is 4.28. The Kier molecular flexibility index (Phi) is 4.66. The number of hydrogen-bond acceptors (Lipinski definition) is 3. The molecule has 0 amide bonds. The molecule has 18 heavy (non-hydrogen) atoms. The van der Waals surface area contributed by atoms with Crippen molar-refractivity contribution < 1.29 is 9.15 Å². The average molecular weight is 331 g/mol. The van der Waals surface area contributed by atoms with Gasteiger partial charge in [-0.1, -0.05) is 15.9 Å². The molecule has 2 rings (SSSR count). The van der Waals surface area contributed by atoms with Crippen LogP contribution in [0.2, 0.25) is 0 Å². The summed E-state index contributed by atoms with van der Waals surface area (Å²) in [6.45, 7) is 0. The molecule has 96 valence electrons. The number of aromatic nitrogens is 1. The van der Waals surface area contributed by atoms with Gasteiger partial charge in [0.2, 0.25) is 0 Å². The first-order valence-electron chi connectivity index (χ1n) is 5.59. The van der Waals surface area contributed by atoms with Crippen molar-refractivity contribution in [2.24, 2.45) is 0 Å². The van der Waals surface area contributed by atoms with E-state index < -0.39 is 0 Å². The Balaban J connectivity index is 2.28.